The van der Waals surface area contributed by atoms with Gasteiger partial charge in [0, 0.05) is 15.1 Å². The van der Waals surface area contributed by atoms with E-state index in [0.29, 0.717) is 33.2 Å². The van der Waals surface area contributed by atoms with Gasteiger partial charge in [0.1, 0.15) is 5.75 Å². The molecule has 1 heterocycles. The summed E-state index contributed by atoms with van der Waals surface area (Å²) < 4.78 is 6.69. The first kappa shape index (κ1) is 19.3. The molecule has 4 aromatic rings. The Balaban J connectivity index is 1.47. The molecule has 142 valence electrons. The van der Waals surface area contributed by atoms with Crippen LogP contribution in [0.4, 0.5) is 0 Å². The number of hydrogen-bond acceptors (Lipinski definition) is 4. The molecule has 3 aromatic carbocycles. The van der Waals surface area contributed by atoms with Gasteiger partial charge in [-0.15, -0.1) is 0 Å². The van der Waals surface area contributed by atoms with Gasteiger partial charge in [-0.1, -0.05) is 45.7 Å². The van der Waals surface area contributed by atoms with Crippen molar-refractivity contribution in [2.24, 2.45) is 0 Å². The highest BCUT2D eigenvalue weighted by atomic mass is 79.9. The number of rotatable bonds is 5. The van der Waals surface area contributed by atoms with Crippen LogP contribution in [-0.2, 0) is 0 Å². The molecule has 0 spiro atoms. The van der Waals surface area contributed by atoms with E-state index in [4.69, 9.17) is 16.3 Å². The smallest absolute Gasteiger partial charge is 0.238 e. The Morgan fingerprint density at radius 1 is 1.00 bits per heavy atom. The van der Waals surface area contributed by atoms with Gasteiger partial charge in [-0.3, -0.25) is 4.79 Å². The lowest BCUT2D eigenvalue weighted by molar-refractivity contribution is 0.104. The lowest BCUT2D eigenvalue weighted by atomic mass is 10.1. The highest BCUT2D eigenvalue weighted by Gasteiger charge is 2.06. The number of aromatic nitrogens is 2. The monoisotopic (exact) mass is 464 g/mol. The minimum atomic E-state index is -0.0883. The van der Waals surface area contributed by atoms with E-state index in [-0.39, 0.29) is 5.78 Å². The quantitative estimate of drug-likeness (QED) is 0.242. The van der Waals surface area contributed by atoms with Gasteiger partial charge in [0.25, 0.3) is 0 Å². The Morgan fingerprint density at radius 2 is 1.79 bits per heavy atom. The standard InChI is InChI=1S/C23H14BrClN2O2/c24-19-4-2-1-3-15(19)7-12-22(28)16-5-9-18(10-6-16)29-23-14-26-21-13-17(25)8-11-20(21)27-23/h1-14H/b12-7+. The zero-order valence-corrected chi connectivity index (χ0v) is 17.4. The fraction of sp³-hybridized carbons (Fsp3) is 0. The first-order valence-electron chi connectivity index (χ1n) is 8.76. The molecule has 0 saturated heterocycles. The summed E-state index contributed by atoms with van der Waals surface area (Å²) in [7, 11) is 0. The maximum Gasteiger partial charge on any atom is 0.238 e. The zero-order chi connectivity index (χ0) is 20.2. The lowest BCUT2D eigenvalue weighted by Crippen LogP contribution is -1.95. The van der Waals surface area contributed by atoms with Gasteiger partial charge >= 0.3 is 0 Å². The highest BCUT2D eigenvalue weighted by molar-refractivity contribution is 9.10. The number of nitrogens with zero attached hydrogens (tertiary/aromatic N) is 2. The molecule has 1 aromatic heterocycles. The number of benzene rings is 3. The molecule has 4 nitrogen and oxygen atoms in total. The second-order valence-electron chi connectivity index (χ2n) is 6.19. The van der Waals surface area contributed by atoms with Gasteiger partial charge in [0.15, 0.2) is 5.78 Å². The molecule has 6 heteroatoms. The number of allylic oxidation sites excluding steroid dienone is 1. The van der Waals surface area contributed by atoms with E-state index >= 15 is 0 Å². The molecule has 0 unspecified atom stereocenters. The van der Waals surface area contributed by atoms with Crippen molar-refractivity contribution >= 4 is 50.4 Å². The average Bonchev–Trinajstić information content (AvgIpc) is 2.73. The van der Waals surface area contributed by atoms with Gasteiger partial charge in [-0.05, 0) is 66.2 Å². The summed E-state index contributed by atoms with van der Waals surface area (Å²) in [5, 5.41) is 0.606. The summed E-state index contributed by atoms with van der Waals surface area (Å²) in [6.07, 6.45) is 4.88. The third-order valence-corrected chi connectivity index (χ3v) is 5.12. The highest BCUT2D eigenvalue weighted by Crippen LogP contribution is 2.23. The first-order valence-corrected chi connectivity index (χ1v) is 9.93. The Bertz CT molecular complexity index is 1220. The Labute approximate surface area is 181 Å². The summed E-state index contributed by atoms with van der Waals surface area (Å²) in [6.45, 7) is 0. The van der Waals surface area contributed by atoms with Gasteiger partial charge < -0.3 is 4.74 Å². The van der Waals surface area contributed by atoms with Crippen molar-refractivity contribution in [1.82, 2.24) is 9.97 Å². The maximum absolute atomic E-state index is 12.4. The third-order valence-electron chi connectivity index (χ3n) is 4.16. The number of ether oxygens (including phenoxy) is 1. The van der Waals surface area contributed by atoms with Crippen LogP contribution in [-0.4, -0.2) is 15.8 Å². The summed E-state index contributed by atoms with van der Waals surface area (Å²) in [6, 6.07) is 19.9. The number of ketones is 1. The third kappa shape index (κ3) is 4.70. The van der Waals surface area contributed by atoms with Crippen molar-refractivity contribution in [3.05, 3.63) is 99.6 Å². The molecule has 0 atom stereocenters. The summed E-state index contributed by atoms with van der Waals surface area (Å²) >= 11 is 9.43. The van der Waals surface area contributed by atoms with E-state index in [1.54, 1.807) is 54.6 Å². The topological polar surface area (TPSA) is 52.1 Å². The van der Waals surface area contributed by atoms with Gasteiger partial charge in [-0.25, -0.2) is 9.97 Å². The lowest BCUT2D eigenvalue weighted by Gasteiger charge is -2.06. The molecule has 0 fully saturated rings. The molecule has 0 N–H and O–H groups in total. The fourth-order valence-electron chi connectivity index (χ4n) is 2.70. The number of fused-ring (bicyclic) bond motifs is 1. The zero-order valence-electron chi connectivity index (χ0n) is 15.0. The average molecular weight is 466 g/mol. The van der Waals surface area contributed by atoms with E-state index in [1.165, 1.54) is 6.20 Å². The van der Waals surface area contributed by atoms with Crippen LogP contribution in [0.2, 0.25) is 5.02 Å². The van der Waals surface area contributed by atoms with Gasteiger partial charge in [0.2, 0.25) is 5.88 Å². The minimum Gasteiger partial charge on any atom is -0.437 e. The van der Waals surface area contributed by atoms with Crippen LogP contribution < -0.4 is 4.74 Å². The van der Waals surface area contributed by atoms with E-state index in [1.807, 2.05) is 24.3 Å². The van der Waals surface area contributed by atoms with Crippen molar-refractivity contribution in [2.45, 2.75) is 0 Å². The van der Waals surface area contributed by atoms with Crippen LogP contribution in [0.1, 0.15) is 15.9 Å². The first-order chi connectivity index (χ1) is 14.1. The Morgan fingerprint density at radius 3 is 2.59 bits per heavy atom. The fourth-order valence-corrected chi connectivity index (χ4v) is 3.28. The molecule has 0 amide bonds. The van der Waals surface area contributed by atoms with Crippen molar-refractivity contribution in [1.29, 1.82) is 0 Å². The van der Waals surface area contributed by atoms with E-state index in [2.05, 4.69) is 25.9 Å². The Hall–Kier alpha value is -3.02. The predicted molar refractivity (Wildman–Crippen MR) is 119 cm³/mol. The van der Waals surface area contributed by atoms with Gasteiger partial charge in [-0.2, -0.15) is 0 Å². The normalized spacial score (nSPS) is 11.1. The molecule has 4 rings (SSSR count). The molecule has 0 aliphatic rings. The molecule has 0 radical (unpaired) electrons. The number of carbonyl (C=O) groups excluding carboxylic acids is 1. The largest absolute Gasteiger partial charge is 0.437 e. The van der Waals surface area contributed by atoms with Crippen molar-refractivity contribution in [2.75, 3.05) is 0 Å². The second-order valence-corrected chi connectivity index (χ2v) is 7.48. The van der Waals surface area contributed by atoms with Gasteiger partial charge in [0.05, 0.1) is 17.2 Å². The van der Waals surface area contributed by atoms with Crippen molar-refractivity contribution in [3.8, 4) is 11.6 Å². The van der Waals surface area contributed by atoms with Crippen molar-refractivity contribution in [3.63, 3.8) is 0 Å². The van der Waals surface area contributed by atoms with Crippen LogP contribution in [0, 0.1) is 0 Å². The van der Waals surface area contributed by atoms with Crippen LogP contribution in [0.5, 0.6) is 11.6 Å². The summed E-state index contributed by atoms with van der Waals surface area (Å²) in [5.41, 5.74) is 2.90. The maximum atomic E-state index is 12.4. The SMILES string of the molecule is O=C(/C=C/c1ccccc1Br)c1ccc(Oc2cnc3cc(Cl)ccc3n2)cc1. The minimum absolute atomic E-state index is 0.0883. The van der Waals surface area contributed by atoms with Crippen LogP contribution >= 0.6 is 27.5 Å². The number of carbonyl (C=O) groups is 1. The molecular formula is C23H14BrClN2O2. The van der Waals surface area contributed by atoms with Crippen LogP contribution in [0.15, 0.2) is 83.5 Å². The second kappa shape index (κ2) is 8.55. The van der Waals surface area contributed by atoms with E-state index in [0.717, 1.165) is 10.0 Å². The number of hydrogen-bond donors (Lipinski definition) is 0. The molecular weight excluding hydrogens is 452 g/mol. The molecule has 0 saturated carbocycles. The van der Waals surface area contributed by atoms with Crippen LogP contribution in [0.25, 0.3) is 17.1 Å². The van der Waals surface area contributed by atoms with Crippen LogP contribution in [0.3, 0.4) is 0 Å². The Kier molecular flexibility index (Phi) is 5.69. The van der Waals surface area contributed by atoms with Crippen molar-refractivity contribution < 1.29 is 9.53 Å². The summed E-state index contributed by atoms with van der Waals surface area (Å²) in [5.74, 6) is 0.848. The van der Waals surface area contributed by atoms with E-state index < -0.39 is 0 Å². The molecule has 0 aliphatic heterocycles. The molecule has 29 heavy (non-hydrogen) atoms. The number of halogens is 2. The summed E-state index contributed by atoms with van der Waals surface area (Å²) in [4.78, 5) is 21.1. The molecule has 0 bridgehead atoms. The molecule has 0 aliphatic carbocycles. The van der Waals surface area contributed by atoms with E-state index in [9.17, 15) is 4.79 Å². The predicted octanol–water partition coefficient (Wildman–Crippen LogP) is 6.73.